The van der Waals surface area contributed by atoms with Gasteiger partial charge < -0.3 is 4.90 Å². The quantitative estimate of drug-likeness (QED) is 0.481. The highest BCUT2D eigenvalue weighted by molar-refractivity contribution is 6.22. The van der Waals surface area contributed by atoms with Gasteiger partial charge in [-0.25, -0.2) is 4.79 Å². The Labute approximate surface area is 224 Å². The predicted octanol–water partition coefficient (Wildman–Crippen LogP) is 4.87. The Hall–Kier alpha value is -4.03. The third-order valence-electron chi connectivity index (χ3n) is 7.23. The lowest BCUT2D eigenvalue weighted by atomic mass is 9.75. The molecule has 0 bridgehead atoms. The fraction of sp³-hybridized carbons (Fsp3) is 0.281. The van der Waals surface area contributed by atoms with E-state index in [1.807, 2.05) is 0 Å². The van der Waals surface area contributed by atoms with Crippen molar-refractivity contribution in [2.45, 2.75) is 38.0 Å². The summed E-state index contributed by atoms with van der Waals surface area (Å²) in [4.78, 5) is 37.2. The summed E-state index contributed by atoms with van der Waals surface area (Å²) < 4.78 is 0. The molecule has 1 heterocycles. The van der Waals surface area contributed by atoms with Gasteiger partial charge in [0.05, 0.1) is 0 Å². The summed E-state index contributed by atoms with van der Waals surface area (Å²) in [7, 11) is 4.26. The average molecular weight is 510 g/mol. The highest BCUT2D eigenvalue weighted by Gasteiger charge is 2.50. The number of benzene rings is 3. The molecule has 3 aromatic rings. The van der Waals surface area contributed by atoms with Crippen LogP contribution in [-0.4, -0.2) is 43.4 Å². The minimum Gasteiger partial charge on any atom is -0.309 e. The van der Waals surface area contributed by atoms with Crippen molar-refractivity contribution in [1.29, 1.82) is 0 Å². The van der Waals surface area contributed by atoms with E-state index in [2.05, 4.69) is 84.2 Å². The summed E-state index contributed by atoms with van der Waals surface area (Å²) in [6.45, 7) is 2.83. The highest BCUT2D eigenvalue weighted by atomic mass is 16.2. The number of amides is 4. The third-order valence-corrected chi connectivity index (χ3v) is 7.23. The number of aryl methyl sites for hydroxylation is 2. The smallest absolute Gasteiger partial charge is 0.309 e. The van der Waals surface area contributed by atoms with Crippen molar-refractivity contribution in [2.75, 3.05) is 20.6 Å². The molecule has 0 unspecified atom stereocenters. The molecule has 1 saturated heterocycles. The second-order valence-corrected chi connectivity index (χ2v) is 9.89. The van der Waals surface area contributed by atoms with E-state index in [1.54, 1.807) is 37.3 Å². The summed E-state index contributed by atoms with van der Waals surface area (Å²) >= 11 is 0. The number of carbonyl (C=O) groups is 3. The second-order valence-electron chi connectivity index (χ2n) is 9.89. The first-order chi connectivity index (χ1) is 18.4. The first kappa shape index (κ1) is 27.0. The number of urea groups is 1. The van der Waals surface area contributed by atoms with Crippen LogP contribution in [-0.2, 0) is 27.8 Å². The predicted molar refractivity (Wildman–Crippen MR) is 151 cm³/mol. The normalized spacial score (nSPS) is 15.8. The van der Waals surface area contributed by atoms with Crippen LogP contribution >= 0.6 is 0 Å². The van der Waals surface area contributed by atoms with E-state index in [0.29, 0.717) is 12.0 Å². The minimum absolute atomic E-state index is 0.294. The standard InChI is InChI=1S/C20H23N.C12H12N2O3/c1-21(2)15-7-12-20-18-10-5-3-8-16(18)13-14-17-9-4-6-11-19(17)20;1-2-12(8-6-4-3-5-7-8)9(15)13-11(17)14-10(12)16/h3-6,8-12H,7,13-15H2,1-2H3;3-7H,2H2,1H3,(H2,13,14,15,16,17). The first-order valence-corrected chi connectivity index (χ1v) is 13.1. The van der Waals surface area contributed by atoms with Crippen molar-refractivity contribution in [3.63, 3.8) is 0 Å². The number of imide groups is 2. The molecule has 3 aromatic carbocycles. The average Bonchev–Trinajstić information content (AvgIpc) is 3.07. The number of nitrogens with zero attached hydrogens (tertiary/aromatic N) is 1. The number of barbiturate groups is 1. The van der Waals surface area contributed by atoms with Crippen molar-refractivity contribution in [3.8, 4) is 0 Å². The Bertz CT molecular complexity index is 1280. The van der Waals surface area contributed by atoms with Crippen LogP contribution in [0, 0.1) is 0 Å². The van der Waals surface area contributed by atoms with Gasteiger partial charge in [0.2, 0.25) is 11.8 Å². The topological polar surface area (TPSA) is 78.5 Å². The molecule has 4 amide bonds. The molecule has 6 nitrogen and oxygen atoms in total. The van der Waals surface area contributed by atoms with Crippen LogP contribution in [0.25, 0.3) is 5.57 Å². The summed E-state index contributed by atoms with van der Waals surface area (Å²) in [5.74, 6) is -1.14. The number of nitrogens with one attached hydrogen (secondary N) is 2. The van der Waals surface area contributed by atoms with Gasteiger partial charge in [-0.3, -0.25) is 20.2 Å². The molecule has 196 valence electrons. The SMILES string of the molecule is CCC1(c2ccccc2)C(=O)NC(=O)NC1=O.CN(C)CCC=C1c2ccccc2CCc2ccccc21. The molecule has 0 spiro atoms. The van der Waals surface area contributed by atoms with Gasteiger partial charge in [-0.05, 0) is 73.2 Å². The lowest BCUT2D eigenvalue weighted by Crippen LogP contribution is -2.64. The van der Waals surface area contributed by atoms with Gasteiger partial charge in [-0.15, -0.1) is 0 Å². The molecular weight excluding hydrogens is 474 g/mol. The Morgan fingerprint density at radius 1 is 0.763 bits per heavy atom. The zero-order valence-electron chi connectivity index (χ0n) is 22.3. The van der Waals surface area contributed by atoms with Crippen LogP contribution in [0.2, 0.25) is 0 Å². The van der Waals surface area contributed by atoms with Gasteiger partial charge in [0.1, 0.15) is 0 Å². The fourth-order valence-corrected chi connectivity index (χ4v) is 5.17. The molecule has 5 rings (SSSR count). The second kappa shape index (κ2) is 12.0. The van der Waals surface area contributed by atoms with Gasteiger partial charge >= 0.3 is 6.03 Å². The van der Waals surface area contributed by atoms with Crippen molar-refractivity contribution in [2.24, 2.45) is 0 Å². The van der Waals surface area contributed by atoms with E-state index in [9.17, 15) is 14.4 Å². The largest absolute Gasteiger partial charge is 0.328 e. The van der Waals surface area contributed by atoms with E-state index in [0.717, 1.165) is 25.8 Å². The molecule has 38 heavy (non-hydrogen) atoms. The molecule has 1 fully saturated rings. The number of fused-ring (bicyclic) bond motifs is 2. The summed E-state index contributed by atoms with van der Waals surface area (Å²) in [6.07, 6.45) is 6.08. The number of hydrogen-bond donors (Lipinski definition) is 2. The van der Waals surface area contributed by atoms with Gasteiger partial charge in [0.25, 0.3) is 0 Å². The van der Waals surface area contributed by atoms with E-state index >= 15 is 0 Å². The summed E-state index contributed by atoms with van der Waals surface area (Å²) in [5, 5.41) is 4.28. The third kappa shape index (κ3) is 5.60. The molecular formula is C32H35N3O3. The summed E-state index contributed by atoms with van der Waals surface area (Å²) in [5.41, 5.74) is 6.48. The van der Waals surface area contributed by atoms with Crippen LogP contribution in [0.1, 0.15) is 47.6 Å². The molecule has 2 N–H and O–H groups in total. The number of rotatable bonds is 5. The van der Waals surface area contributed by atoms with E-state index in [1.165, 1.54) is 27.8 Å². The molecule has 0 saturated carbocycles. The Balaban J connectivity index is 0.000000181. The Kier molecular flexibility index (Phi) is 8.54. The molecule has 6 heteroatoms. The molecule has 1 aliphatic heterocycles. The molecule has 2 aliphatic rings. The molecule has 0 aromatic heterocycles. The van der Waals surface area contributed by atoms with Gasteiger partial charge in [-0.1, -0.05) is 91.9 Å². The maximum absolute atomic E-state index is 12.0. The van der Waals surface area contributed by atoms with Crippen molar-refractivity contribution >= 4 is 23.4 Å². The van der Waals surface area contributed by atoms with E-state index in [-0.39, 0.29) is 0 Å². The highest BCUT2D eigenvalue weighted by Crippen LogP contribution is 2.34. The summed E-state index contributed by atoms with van der Waals surface area (Å²) in [6, 6.07) is 25.7. The van der Waals surface area contributed by atoms with Crippen LogP contribution < -0.4 is 10.6 Å². The maximum atomic E-state index is 12.0. The zero-order chi connectivity index (χ0) is 27.1. The van der Waals surface area contributed by atoms with Crippen LogP contribution in [0.3, 0.4) is 0 Å². The van der Waals surface area contributed by atoms with Gasteiger partial charge in [0, 0.05) is 6.54 Å². The van der Waals surface area contributed by atoms with Crippen molar-refractivity contribution < 1.29 is 14.4 Å². The monoisotopic (exact) mass is 509 g/mol. The van der Waals surface area contributed by atoms with Crippen molar-refractivity contribution in [1.82, 2.24) is 15.5 Å². The van der Waals surface area contributed by atoms with E-state index in [4.69, 9.17) is 0 Å². The van der Waals surface area contributed by atoms with Crippen LogP contribution in [0.15, 0.2) is 84.9 Å². The lowest BCUT2D eigenvalue weighted by Gasteiger charge is -2.33. The fourth-order valence-electron chi connectivity index (χ4n) is 5.17. The molecule has 0 radical (unpaired) electrons. The maximum Gasteiger partial charge on any atom is 0.328 e. The zero-order valence-corrected chi connectivity index (χ0v) is 22.3. The van der Waals surface area contributed by atoms with Gasteiger partial charge in [-0.2, -0.15) is 0 Å². The lowest BCUT2D eigenvalue weighted by molar-refractivity contribution is -0.138. The first-order valence-electron chi connectivity index (χ1n) is 13.1. The van der Waals surface area contributed by atoms with Crippen LogP contribution in [0.4, 0.5) is 4.79 Å². The van der Waals surface area contributed by atoms with E-state index < -0.39 is 23.3 Å². The number of carbonyl (C=O) groups excluding carboxylic acids is 3. The number of hydrogen-bond acceptors (Lipinski definition) is 4. The molecule has 0 atom stereocenters. The van der Waals surface area contributed by atoms with Crippen molar-refractivity contribution in [3.05, 3.63) is 113 Å². The van der Waals surface area contributed by atoms with Gasteiger partial charge in [0.15, 0.2) is 5.41 Å². The Morgan fingerprint density at radius 2 is 1.26 bits per heavy atom. The molecule has 1 aliphatic carbocycles. The minimum atomic E-state index is -1.31. The van der Waals surface area contributed by atoms with Crippen LogP contribution in [0.5, 0.6) is 0 Å². The Morgan fingerprint density at radius 3 is 1.76 bits per heavy atom.